The van der Waals surface area contributed by atoms with Crippen LogP contribution in [0.25, 0.3) is 0 Å². The highest BCUT2D eigenvalue weighted by atomic mass is 16.7. The molecular formula is C14H20O9. The van der Waals surface area contributed by atoms with Crippen LogP contribution in [0.4, 0.5) is 0 Å². The largest absolute Gasteiger partial charge is 0.456 e. The van der Waals surface area contributed by atoms with Crippen LogP contribution < -0.4 is 0 Å². The second-order valence-corrected chi connectivity index (χ2v) is 5.04. The van der Waals surface area contributed by atoms with Crippen molar-refractivity contribution in [3.63, 3.8) is 0 Å². The average Bonchev–Trinajstić information content (AvgIpc) is 2.36. The summed E-state index contributed by atoms with van der Waals surface area (Å²) in [6.07, 6.45) is -5.51. The molecule has 1 heterocycles. The Hall–Kier alpha value is -2.16. The van der Waals surface area contributed by atoms with Crippen LogP contribution in [0.15, 0.2) is 0 Å². The number of carbonyl (C=O) groups is 4. The van der Waals surface area contributed by atoms with E-state index in [9.17, 15) is 19.2 Å². The zero-order valence-electron chi connectivity index (χ0n) is 13.6. The lowest BCUT2D eigenvalue weighted by atomic mass is 9.99. The van der Waals surface area contributed by atoms with Gasteiger partial charge >= 0.3 is 23.9 Å². The van der Waals surface area contributed by atoms with Crippen LogP contribution in [-0.2, 0) is 42.9 Å². The SMILES string of the molecule is CC(=O)OC1O[C@H](C)[C@@H](OC(C)=O)[C@H](OC(C)=O)[C@H]1OC(C)=O. The summed E-state index contributed by atoms with van der Waals surface area (Å²) in [5, 5.41) is 0. The molecule has 23 heavy (non-hydrogen) atoms. The van der Waals surface area contributed by atoms with Gasteiger partial charge in [0.05, 0.1) is 6.10 Å². The summed E-state index contributed by atoms with van der Waals surface area (Å²) >= 11 is 0. The third-order valence-electron chi connectivity index (χ3n) is 2.92. The molecule has 0 bridgehead atoms. The lowest BCUT2D eigenvalue weighted by Gasteiger charge is -2.42. The number of esters is 4. The zero-order valence-corrected chi connectivity index (χ0v) is 13.6. The van der Waals surface area contributed by atoms with E-state index < -0.39 is 54.6 Å². The summed E-state index contributed by atoms with van der Waals surface area (Å²) in [5.41, 5.74) is 0. The van der Waals surface area contributed by atoms with Gasteiger partial charge in [-0.2, -0.15) is 0 Å². The Labute approximate surface area is 133 Å². The van der Waals surface area contributed by atoms with Gasteiger partial charge in [-0.05, 0) is 6.92 Å². The van der Waals surface area contributed by atoms with E-state index in [0.29, 0.717) is 0 Å². The topological polar surface area (TPSA) is 114 Å². The molecule has 1 aliphatic heterocycles. The second-order valence-electron chi connectivity index (χ2n) is 5.04. The van der Waals surface area contributed by atoms with Crippen LogP contribution in [0, 0.1) is 0 Å². The summed E-state index contributed by atoms with van der Waals surface area (Å²) < 4.78 is 25.7. The lowest BCUT2D eigenvalue weighted by molar-refractivity contribution is -0.292. The van der Waals surface area contributed by atoms with Crippen molar-refractivity contribution >= 4 is 23.9 Å². The molecular weight excluding hydrogens is 312 g/mol. The minimum Gasteiger partial charge on any atom is -0.456 e. The molecule has 1 fully saturated rings. The summed E-state index contributed by atoms with van der Waals surface area (Å²) in [4.78, 5) is 45.1. The molecule has 1 unspecified atom stereocenters. The van der Waals surface area contributed by atoms with Crippen molar-refractivity contribution in [2.45, 2.75) is 65.3 Å². The van der Waals surface area contributed by atoms with Gasteiger partial charge in [-0.1, -0.05) is 0 Å². The van der Waals surface area contributed by atoms with E-state index in [0.717, 1.165) is 20.8 Å². The normalized spacial score (nSPS) is 30.0. The van der Waals surface area contributed by atoms with Crippen LogP contribution in [0.3, 0.4) is 0 Å². The minimum atomic E-state index is -1.29. The molecule has 0 spiro atoms. The quantitative estimate of drug-likeness (QED) is 0.521. The van der Waals surface area contributed by atoms with Gasteiger partial charge in [0.1, 0.15) is 0 Å². The molecule has 1 saturated heterocycles. The number of rotatable bonds is 4. The molecule has 5 atom stereocenters. The fourth-order valence-corrected chi connectivity index (χ4v) is 2.23. The van der Waals surface area contributed by atoms with Gasteiger partial charge < -0.3 is 23.7 Å². The van der Waals surface area contributed by atoms with Crippen LogP contribution in [-0.4, -0.2) is 54.6 Å². The Morgan fingerprint density at radius 3 is 1.48 bits per heavy atom. The van der Waals surface area contributed by atoms with Crippen molar-refractivity contribution in [3.8, 4) is 0 Å². The van der Waals surface area contributed by atoms with E-state index in [1.54, 1.807) is 6.92 Å². The maximum Gasteiger partial charge on any atom is 0.305 e. The average molecular weight is 332 g/mol. The monoisotopic (exact) mass is 332 g/mol. The van der Waals surface area contributed by atoms with Crippen molar-refractivity contribution in [2.24, 2.45) is 0 Å². The zero-order chi connectivity index (χ0) is 17.7. The maximum atomic E-state index is 11.4. The van der Waals surface area contributed by atoms with E-state index in [1.165, 1.54) is 6.92 Å². The molecule has 1 rings (SSSR count). The number of carbonyl (C=O) groups excluding carboxylic acids is 4. The minimum absolute atomic E-state index is 0.630. The molecule has 0 aromatic carbocycles. The van der Waals surface area contributed by atoms with E-state index in [4.69, 9.17) is 23.7 Å². The Morgan fingerprint density at radius 1 is 0.652 bits per heavy atom. The molecule has 9 nitrogen and oxygen atoms in total. The highest BCUT2D eigenvalue weighted by molar-refractivity contribution is 5.69. The molecule has 0 aliphatic carbocycles. The molecule has 0 amide bonds. The summed E-state index contributed by atoms with van der Waals surface area (Å²) in [6, 6.07) is 0. The third-order valence-corrected chi connectivity index (χ3v) is 2.92. The highest BCUT2D eigenvalue weighted by Crippen LogP contribution is 2.29. The van der Waals surface area contributed by atoms with Gasteiger partial charge in [0.25, 0.3) is 0 Å². The summed E-state index contributed by atoms with van der Waals surface area (Å²) in [6.45, 7) is 6.16. The van der Waals surface area contributed by atoms with E-state index >= 15 is 0 Å². The standard InChI is InChI=1S/C14H20O9/c1-6-11(20-7(2)15)12(21-8(3)16)13(22-9(4)17)14(19-6)23-10(5)18/h6,11-14H,1-5H3/t6-,11-,12+,13-,14?/m1/s1. The molecule has 0 aromatic heterocycles. The Kier molecular flexibility index (Phi) is 6.49. The van der Waals surface area contributed by atoms with Crippen molar-refractivity contribution in [1.29, 1.82) is 0 Å². The van der Waals surface area contributed by atoms with Gasteiger partial charge in [0.15, 0.2) is 12.2 Å². The molecule has 130 valence electrons. The van der Waals surface area contributed by atoms with Crippen molar-refractivity contribution in [2.75, 3.05) is 0 Å². The Morgan fingerprint density at radius 2 is 1.04 bits per heavy atom. The predicted molar refractivity (Wildman–Crippen MR) is 72.8 cm³/mol. The van der Waals surface area contributed by atoms with Crippen LogP contribution in [0.5, 0.6) is 0 Å². The van der Waals surface area contributed by atoms with Crippen molar-refractivity contribution in [3.05, 3.63) is 0 Å². The molecule has 0 aromatic rings. The van der Waals surface area contributed by atoms with Gasteiger partial charge in [0.2, 0.25) is 12.4 Å². The third kappa shape index (κ3) is 5.51. The first-order valence-corrected chi connectivity index (χ1v) is 6.96. The van der Waals surface area contributed by atoms with Crippen LogP contribution >= 0.6 is 0 Å². The first kappa shape index (κ1) is 18.9. The second kappa shape index (κ2) is 7.91. The van der Waals surface area contributed by atoms with Gasteiger partial charge in [-0.15, -0.1) is 0 Å². The van der Waals surface area contributed by atoms with Crippen molar-refractivity contribution < 1.29 is 42.9 Å². The first-order chi connectivity index (χ1) is 10.6. The lowest BCUT2D eigenvalue weighted by Crippen LogP contribution is -2.61. The van der Waals surface area contributed by atoms with E-state index in [1.807, 2.05) is 0 Å². The maximum absolute atomic E-state index is 11.4. The van der Waals surface area contributed by atoms with Crippen LogP contribution in [0.1, 0.15) is 34.6 Å². The number of hydrogen-bond donors (Lipinski definition) is 0. The molecule has 0 radical (unpaired) electrons. The van der Waals surface area contributed by atoms with E-state index in [2.05, 4.69) is 0 Å². The number of ether oxygens (including phenoxy) is 5. The molecule has 9 heteroatoms. The fourth-order valence-electron chi connectivity index (χ4n) is 2.23. The summed E-state index contributed by atoms with van der Waals surface area (Å²) in [7, 11) is 0. The van der Waals surface area contributed by atoms with E-state index in [-0.39, 0.29) is 0 Å². The van der Waals surface area contributed by atoms with Gasteiger partial charge in [0, 0.05) is 27.7 Å². The molecule has 0 saturated carbocycles. The first-order valence-electron chi connectivity index (χ1n) is 6.96. The van der Waals surface area contributed by atoms with Gasteiger partial charge in [-0.3, -0.25) is 19.2 Å². The Balaban J connectivity index is 3.15. The summed E-state index contributed by atoms with van der Waals surface area (Å²) in [5.74, 6) is -2.69. The molecule has 0 N–H and O–H groups in total. The highest BCUT2D eigenvalue weighted by Gasteiger charge is 2.51. The fraction of sp³-hybridized carbons (Fsp3) is 0.714. The predicted octanol–water partition coefficient (Wildman–Crippen LogP) is 0.0894. The smallest absolute Gasteiger partial charge is 0.305 e. The van der Waals surface area contributed by atoms with Gasteiger partial charge in [-0.25, -0.2) is 0 Å². The number of hydrogen-bond acceptors (Lipinski definition) is 9. The molecule has 1 aliphatic rings. The Bertz CT molecular complexity index is 487. The van der Waals surface area contributed by atoms with Crippen molar-refractivity contribution in [1.82, 2.24) is 0 Å². The van der Waals surface area contributed by atoms with Crippen LogP contribution in [0.2, 0.25) is 0 Å².